The molecule has 2 aromatic carbocycles. The lowest BCUT2D eigenvalue weighted by molar-refractivity contribution is -0.136. The van der Waals surface area contributed by atoms with Gasteiger partial charge in [-0.15, -0.1) is 0 Å². The van der Waals surface area contributed by atoms with Gasteiger partial charge in [0.2, 0.25) is 11.8 Å². The van der Waals surface area contributed by atoms with Gasteiger partial charge < -0.3 is 14.4 Å². The number of carbonyl (C=O) groups excluding carboxylic acids is 4. The zero-order valence-corrected chi connectivity index (χ0v) is 33.4. The Morgan fingerprint density at radius 2 is 1.59 bits per heavy atom. The Kier molecular flexibility index (Phi) is 10.5. The first-order chi connectivity index (χ1) is 28.6. The number of hydrogen-bond donors (Lipinski definition) is 1. The average Bonchev–Trinajstić information content (AvgIpc) is 3.70. The number of carbonyl (C=O) groups is 4. The molecule has 3 fully saturated rings. The summed E-state index contributed by atoms with van der Waals surface area (Å²) in [4.78, 5) is 67.0. The highest BCUT2D eigenvalue weighted by Gasteiger charge is 2.44. The van der Waals surface area contributed by atoms with E-state index in [9.17, 15) is 19.2 Å². The SMILES string of the molecule is CC(C)n1c2ccncc2c2ccc(-c3cnc(N4CCC(CCN5CCN(CC#Cc6ccc7c(c6)C(=O)N(C6CCC(=O)NC6=O)C7=O)CC5)CC4)c(F)c3)cc21. The van der Waals surface area contributed by atoms with E-state index >= 15 is 4.39 Å². The van der Waals surface area contributed by atoms with Crippen LogP contribution in [0.2, 0.25) is 0 Å². The van der Waals surface area contributed by atoms with Crippen LogP contribution in [-0.4, -0.2) is 111 Å². The Balaban J connectivity index is 0.731. The van der Waals surface area contributed by atoms with Crippen LogP contribution in [0, 0.1) is 23.6 Å². The van der Waals surface area contributed by atoms with E-state index in [0.29, 0.717) is 23.8 Å². The lowest BCUT2D eigenvalue weighted by atomic mass is 9.93. The van der Waals surface area contributed by atoms with Crippen molar-refractivity contribution in [2.45, 2.75) is 58.0 Å². The summed E-state index contributed by atoms with van der Waals surface area (Å²) >= 11 is 0. The van der Waals surface area contributed by atoms with Crippen molar-refractivity contribution < 1.29 is 23.6 Å². The van der Waals surface area contributed by atoms with Gasteiger partial charge in [-0.3, -0.25) is 39.3 Å². The summed E-state index contributed by atoms with van der Waals surface area (Å²) < 4.78 is 18.0. The Hall–Kier alpha value is -5.97. The second-order valence-electron chi connectivity index (χ2n) is 16.5. The highest BCUT2D eigenvalue weighted by atomic mass is 19.1. The van der Waals surface area contributed by atoms with Gasteiger partial charge in [-0.1, -0.05) is 24.0 Å². The van der Waals surface area contributed by atoms with Gasteiger partial charge in [0.15, 0.2) is 11.6 Å². The minimum atomic E-state index is -0.989. The summed E-state index contributed by atoms with van der Waals surface area (Å²) in [5.74, 6) is 5.04. The fraction of sp³-hybridized carbons (Fsp3) is 0.391. The number of anilines is 1. The Morgan fingerprint density at radius 3 is 2.36 bits per heavy atom. The molecular weight excluding hydrogens is 748 g/mol. The number of hydrogen-bond acceptors (Lipinski definition) is 9. The first-order valence-electron chi connectivity index (χ1n) is 20.7. The molecule has 1 unspecified atom stereocenters. The number of pyridine rings is 2. The van der Waals surface area contributed by atoms with Crippen LogP contribution in [0.3, 0.4) is 0 Å². The van der Waals surface area contributed by atoms with Crippen molar-refractivity contribution in [2.24, 2.45) is 5.92 Å². The predicted octanol–water partition coefficient (Wildman–Crippen LogP) is 5.65. The Morgan fingerprint density at radius 1 is 0.814 bits per heavy atom. The molecule has 13 heteroatoms. The van der Waals surface area contributed by atoms with Gasteiger partial charge in [0.25, 0.3) is 11.8 Å². The fourth-order valence-electron chi connectivity index (χ4n) is 9.22. The molecule has 4 amide bonds. The van der Waals surface area contributed by atoms with Crippen LogP contribution >= 0.6 is 0 Å². The van der Waals surface area contributed by atoms with Crippen LogP contribution in [0.25, 0.3) is 32.9 Å². The summed E-state index contributed by atoms with van der Waals surface area (Å²) in [6.45, 7) is 11.3. The molecule has 0 saturated carbocycles. The first-order valence-corrected chi connectivity index (χ1v) is 20.7. The molecule has 0 aliphatic carbocycles. The second-order valence-corrected chi connectivity index (χ2v) is 16.5. The normalized spacial score (nSPS) is 19.5. The number of nitrogens with zero attached hydrogens (tertiary/aromatic N) is 7. The van der Waals surface area contributed by atoms with Gasteiger partial charge in [-0.2, -0.15) is 0 Å². The lowest BCUT2D eigenvalue weighted by Gasteiger charge is -2.36. The van der Waals surface area contributed by atoms with Crippen LogP contribution in [0.15, 0.2) is 67.1 Å². The van der Waals surface area contributed by atoms with Gasteiger partial charge in [0, 0.05) is 92.2 Å². The van der Waals surface area contributed by atoms with Crippen LogP contribution < -0.4 is 10.2 Å². The molecule has 59 heavy (non-hydrogen) atoms. The van der Waals surface area contributed by atoms with E-state index in [1.165, 1.54) is 0 Å². The van der Waals surface area contributed by atoms with Crippen LogP contribution in [0.1, 0.15) is 78.3 Å². The smallest absolute Gasteiger partial charge is 0.262 e. The monoisotopic (exact) mass is 794 g/mol. The van der Waals surface area contributed by atoms with Crippen molar-refractivity contribution >= 4 is 51.3 Å². The number of fused-ring (bicyclic) bond motifs is 4. The van der Waals surface area contributed by atoms with Gasteiger partial charge in [0.05, 0.1) is 28.7 Å². The molecule has 5 aromatic rings. The summed E-state index contributed by atoms with van der Waals surface area (Å²) in [5, 5.41) is 4.48. The van der Waals surface area contributed by atoms with Gasteiger partial charge in [-0.25, -0.2) is 9.37 Å². The van der Waals surface area contributed by atoms with E-state index in [-0.39, 0.29) is 35.8 Å². The average molecular weight is 795 g/mol. The maximum Gasteiger partial charge on any atom is 0.262 e. The van der Waals surface area contributed by atoms with Crippen molar-refractivity contribution in [3.8, 4) is 23.0 Å². The van der Waals surface area contributed by atoms with Crippen LogP contribution in [0.4, 0.5) is 10.2 Å². The van der Waals surface area contributed by atoms with Crippen molar-refractivity contribution in [1.82, 2.24) is 34.6 Å². The molecule has 0 spiro atoms. The quantitative estimate of drug-likeness (QED) is 0.157. The minimum absolute atomic E-state index is 0.0811. The molecule has 1 N–H and O–H groups in total. The van der Waals surface area contributed by atoms with E-state index in [4.69, 9.17) is 0 Å². The zero-order chi connectivity index (χ0) is 40.8. The van der Waals surface area contributed by atoms with E-state index in [0.717, 1.165) is 103 Å². The number of rotatable bonds is 8. The topological polar surface area (TPSA) is 124 Å². The molecule has 0 bridgehead atoms. The molecule has 4 aliphatic rings. The highest BCUT2D eigenvalue weighted by Crippen LogP contribution is 2.35. The molecular formula is C46H47FN8O4. The highest BCUT2D eigenvalue weighted by molar-refractivity contribution is 6.23. The number of halogens is 1. The molecule has 1 atom stereocenters. The standard InChI is InChI=1S/C46H47FN8O4/c1-29(2)54-39-11-15-48-28-37(39)34-8-6-32(26-41(34)54)33-25-38(47)43(49-27-33)53-18-13-30(14-19-53)12-17-52-22-20-51(21-23-52)16-3-4-31-5-7-35-36(24-31)46(59)55(45(35)58)40-9-10-42(56)50-44(40)57/h5-8,11,15,24-30,40H,9-10,12-14,16-23H2,1-2H3,(H,50,56,57). The molecule has 4 aliphatic heterocycles. The molecule has 9 rings (SSSR count). The maximum atomic E-state index is 15.7. The third-order valence-corrected chi connectivity index (χ3v) is 12.5. The van der Waals surface area contributed by atoms with E-state index in [2.05, 4.69) is 78.4 Å². The summed E-state index contributed by atoms with van der Waals surface area (Å²) in [6, 6.07) is 14.2. The van der Waals surface area contributed by atoms with Crippen molar-refractivity contribution in [1.29, 1.82) is 0 Å². The van der Waals surface area contributed by atoms with E-state index in [1.54, 1.807) is 30.5 Å². The largest absolute Gasteiger partial charge is 0.354 e. The van der Waals surface area contributed by atoms with Gasteiger partial charge in [-0.05, 0) is 94.0 Å². The third kappa shape index (κ3) is 7.47. The van der Waals surface area contributed by atoms with E-state index < -0.39 is 29.7 Å². The fourth-order valence-corrected chi connectivity index (χ4v) is 9.22. The van der Waals surface area contributed by atoms with E-state index in [1.807, 2.05) is 18.5 Å². The Bertz CT molecular complexity index is 2560. The number of benzene rings is 2. The summed E-state index contributed by atoms with van der Waals surface area (Å²) in [5.41, 5.74) is 5.08. The number of aromatic nitrogens is 3. The summed E-state index contributed by atoms with van der Waals surface area (Å²) in [7, 11) is 0. The van der Waals surface area contributed by atoms with Gasteiger partial charge in [0.1, 0.15) is 6.04 Å². The zero-order valence-electron chi connectivity index (χ0n) is 33.4. The van der Waals surface area contributed by atoms with Crippen LogP contribution in [0.5, 0.6) is 0 Å². The molecule has 12 nitrogen and oxygen atoms in total. The number of imide groups is 2. The summed E-state index contributed by atoms with van der Waals surface area (Å²) in [6.07, 6.45) is 8.90. The maximum absolute atomic E-state index is 15.7. The van der Waals surface area contributed by atoms with Crippen LogP contribution in [-0.2, 0) is 9.59 Å². The molecule has 0 radical (unpaired) electrons. The molecule has 7 heterocycles. The lowest BCUT2D eigenvalue weighted by Crippen LogP contribution is -2.54. The van der Waals surface area contributed by atoms with Crippen molar-refractivity contribution in [2.75, 3.05) is 57.3 Å². The first kappa shape index (κ1) is 38.5. The second kappa shape index (κ2) is 16.0. The third-order valence-electron chi connectivity index (χ3n) is 12.5. The number of piperazine rings is 1. The van der Waals surface area contributed by atoms with Crippen molar-refractivity contribution in [3.63, 3.8) is 0 Å². The number of amides is 4. The Labute approximate surface area is 342 Å². The number of piperidine rings is 2. The predicted molar refractivity (Wildman–Crippen MR) is 223 cm³/mol. The van der Waals surface area contributed by atoms with Crippen molar-refractivity contribution in [3.05, 3.63) is 89.6 Å². The van der Waals surface area contributed by atoms with Gasteiger partial charge >= 0.3 is 0 Å². The molecule has 3 saturated heterocycles. The minimum Gasteiger partial charge on any atom is -0.354 e. The number of nitrogens with one attached hydrogen (secondary N) is 1. The molecule has 3 aromatic heterocycles. The molecule has 302 valence electrons.